The van der Waals surface area contributed by atoms with Gasteiger partial charge in [-0.2, -0.15) is 0 Å². The zero-order valence-electron chi connectivity index (χ0n) is 36.0. The maximum absolute atomic E-state index is 5.28. The van der Waals surface area contributed by atoms with Crippen LogP contribution in [0, 0.1) is 0 Å². The molecule has 4 nitrogen and oxygen atoms in total. The molecule has 0 N–H and O–H groups in total. The molecule has 0 radical (unpaired) electrons. The van der Waals surface area contributed by atoms with Gasteiger partial charge < -0.3 is 4.57 Å². The Labute approximate surface area is 367 Å². The number of rotatable bonds is 5. The lowest BCUT2D eigenvalue weighted by Gasteiger charge is -2.42. The molecule has 4 heteroatoms. The van der Waals surface area contributed by atoms with Crippen LogP contribution in [0.4, 0.5) is 0 Å². The molecule has 0 saturated carbocycles. The van der Waals surface area contributed by atoms with Crippen LogP contribution in [0.2, 0.25) is 0 Å². The summed E-state index contributed by atoms with van der Waals surface area (Å²) in [4.78, 5) is 15.7. The summed E-state index contributed by atoms with van der Waals surface area (Å²) in [7, 11) is 0. The lowest BCUT2D eigenvalue weighted by Crippen LogP contribution is -2.33. The summed E-state index contributed by atoms with van der Waals surface area (Å²) in [6.45, 7) is 9.66. The van der Waals surface area contributed by atoms with E-state index in [1.165, 1.54) is 62.3 Å². The minimum absolute atomic E-state index is 0.113. The van der Waals surface area contributed by atoms with Crippen LogP contribution in [-0.4, -0.2) is 19.5 Å². The first-order chi connectivity index (χ1) is 30.7. The van der Waals surface area contributed by atoms with Gasteiger partial charge in [0.1, 0.15) is 0 Å². The first-order valence-corrected chi connectivity index (χ1v) is 22.1. The van der Waals surface area contributed by atoms with Crippen molar-refractivity contribution < 1.29 is 0 Å². The highest BCUT2D eigenvalue weighted by Gasteiger charge is 2.38. The van der Waals surface area contributed by atoms with Crippen molar-refractivity contribution >= 4 is 54.1 Å². The number of nitrogens with zero attached hydrogens (tertiary/aromatic N) is 4. The van der Waals surface area contributed by atoms with E-state index in [0.717, 1.165) is 49.3 Å². The fourth-order valence-corrected chi connectivity index (χ4v) is 10.3. The van der Waals surface area contributed by atoms with E-state index >= 15 is 0 Å². The predicted octanol–water partition coefficient (Wildman–Crippen LogP) is 15.4. The average molecular weight is 811 g/mol. The smallest absolute Gasteiger partial charge is 0.164 e. The highest BCUT2D eigenvalue weighted by Crippen LogP contribution is 2.49. The minimum Gasteiger partial charge on any atom is -0.309 e. The second kappa shape index (κ2) is 14.1. The summed E-state index contributed by atoms with van der Waals surface area (Å²) < 4.78 is 2.47. The van der Waals surface area contributed by atoms with E-state index in [0.29, 0.717) is 17.5 Å². The Balaban J connectivity index is 1.01. The summed E-state index contributed by atoms with van der Waals surface area (Å²) in [5, 5.41) is 9.49. The lowest BCUT2D eigenvalue weighted by atomic mass is 9.63. The molecule has 9 aromatic carbocycles. The first kappa shape index (κ1) is 37.3. The molecule has 1 aliphatic rings. The van der Waals surface area contributed by atoms with Gasteiger partial charge in [-0.05, 0) is 127 Å². The number of aromatic nitrogens is 4. The van der Waals surface area contributed by atoms with Crippen molar-refractivity contribution in [1.82, 2.24) is 19.5 Å². The predicted molar refractivity (Wildman–Crippen MR) is 264 cm³/mol. The van der Waals surface area contributed by atoms with Gasteiger partial charge in [0.15, 0.2) is 17.5 Å². The van der Waals surface area contributed by atoms with Crippen LogP contribution in [0.1, 0.15) is 51.7 Å². The Morgan fingerprint density at radius 1 is 0.365 bits per heavy atom. The molecule has 12 rings (SSSR count). The zero-order chi connectivity index (χ0) is 42.5. The fraction of sp³-hybridized carbons (Fsp3) is 0.136. The first-order valence-electron chi connectivity index (χ1n) is 22.1. The quantitative estimate of drug-likeness (QED) is 0.174. The van der Waals surface area contributed by atoms with E-state index in [9.17, 15) is 0 Å². The molecule has 11 aromatic rings. The van der Waals surface area contributed by atoms with Crippen molar-refractivity contribution in [3.05, 3.63) is 193 Å². The third-order valence-corrected chi connectivity index (χ3v) is 13.9. The molecule has 1 aliphatic carbocycles. The molecular formula is C59H46N4. The van der Waals surface area contributed by atoms with Crippen molar-refractivity contribution in [2.45, 2.75) is 51.4 Å². The Bertz CT molecular complexity index is 3630. The largest absolute Gasteiger partial charge is 0.309 e. The molecule has 0 amide bonds. The van der Waals surface area contributed by atoms with Crippen molar-refractivity contribution in [1.29, 1.82) is 0 Å². The third-order valence-electron chi connectivity index (χ3n) is 13.9. The summed E-state index contributed by atoms with van der Waals surface area (Å²) in [6.07, 6.45) is 2.37. The molecule has 63 heavy (non-hydrogen) atoms. The lowest BCUT2D eigenvalue weighted by molar-refractivity contribution is 0.332. The van der Waals surface area contributed by atoms with Crippen molar-refractivity contribution in [3.8, 4) is 51.0 Å². The standard InChI is InChI=1S/C59H46N4/c1-58(2)30-31-59(3,4)52-36-54-50(35-51(52)58)48-20-12-13-21-53(48)63(54)44-27-26-40-33-43(25-23-41(40)34-44)56-60-55(42-24-22-37-14-8-9-17-39(37)32-42)61-57(62-56)49-29-28-45(38-15-6-5-7-16-38)46-18-10-11-19-47(46)49/h5-29,32-36H,30-31H2,1-4H3. The van der Waals surface area contributed by atoms with Crippen LogP contribution < -0.4 is 0 Å². The summed E-state index contributed by atoms with van der Waals surface area (Å²) in [5.41, 5.74) is 12.1. The van der Waals surface area contributed by atoms with E-state index in [2.05, 4.69) is 214 Å². The molecule has 2 heterocycles. The van der Waals surface area contributed by atoms with E-state index in [1.807, 2.05) is 0 Å². The van der Waals surface area contributed by atoms with Gasteiger partial charge in [0.05, 0.1) is 11.0 Å². The number of hydrogen-bond donors (Lipinski definition) is 0. The zero-order valence-corrected chi connectivity index (χ0v) is 36.0. The Kier molecular flexibility index (Phi) is 8.33. The number of para-hydroxylation sites is 1. The van der Waals surface area contributed by atoms with Gasteiger partial charge in [-0.1, -0.05) is 161 Å². The maximum Gasteiger partial charge on any atom is 0.164 e. The summed E-state index contributed by atoms with van der Waals surface area (Å²) >= 11 is 0. The van der Waals surface area contributed by atoms with Crippen LogP contribution in [0.15, 0.2) is 182 Å². The van der Waals surface area contributed by atoms with Crippen LogP contribution in [0.25, 0.3) is 105 Å². The molecule has 0 bridgehead atoms. The molecule has 0 atom stereocenters. The monoisotopic (exact) mass is 810 g/mol. The Morgan fingerprint density at radius 3 is 1.62 bits per heavy atom. The number of benzene rings is 9. The van der Waals surface area contributed by atoms with Gasteiger partial charge in [-0.15, -0.1) is 0 Å². The van der Waals surface area contributed by atoms with Gasteiger partial charge in [0, 0.05) is 33.2 Å². The third kappa shape index (κ3) is 6.15. The van der Waals surface area contributed by atoms with E-state index < -0.39 is 0 Å². The van der Waals surface area contributed by atoms with Crippen LogP contribution in [0.5, 0.6) is 0 Å². The molecular weight excluding hydrogens is 765 g/mol. The molecule has 2 aromatic heterocycles. The van der Waals surface area contributed by atoms with Crippen LogP contribution >= 0.6 is 0 Å². The normalized spacial score (nSPS) is 14.5. The van der Waals surface area contributed by atoms with E-state index in [-0.39, 0.29) is 10.8 Å². The number of hydrogen-bond acceptors (Lipinski definition) is 3. The second-order valence-corrected chi connectivity index (χ2v) is 18.7. The van der Waals surface area contributed by atoms with Gasteiger partial charge in [-0.25, -0.2) is 15.0 Å². The molecule has 0 unspecified atom stereocenters. The Hall–Kier alpha value is -7.43. The summed E-state index contributed by atoms with van der Waals surface area (Å²) in [5.74, 6) is 1.94. The molecule has 302 valence electrons. The van der Waals surface area contributed by atoms with Crippen molar-refractivity contribution in [2.75, 3.05) is 0 Å². The van der Waals surface area contributed by atoms with Gasteiger partial charge in [0.25, 0.3) is 0 Å². The van der Waals surface area contributed by atoms with Crippen LogP contribution in [-0.2, 0) is 10.8 Å². The highest BCUT2D eigenvalue weighted by molar-refractivity contribution is 6.10. The second-order valence-electron chi connectivity index (χ2n) is 18.7. The number of fused-ring (bicyclic) bond motifs is 7. The minimum atomic E-state index is 0.113. The van der Waals surface area contributed by atoms with E-state index in [4.69, 9.17) is 15.0 Å². The van der Waals surface area contributed by atoms with Gasteiger partial charge >= 0.3 is 0 Å². The average Bonchev–Trinajstić information content (AvgIpc) is 3.65. The van der Waals surface area contributed by atoms with Gasteiger partial charge in [0.2, 0.25) is 0 Å². The van der Waals surface area contributed by atoms with E-state index in [1.54, 1.807) is 0 Å². The summed E-state index contributed by atoms with van der Waals surface area (Å²) in [6, 6.07) is 65.8. The molecule has 0 saturated heterocycles. The highest BCUT2D eigenvalue weighted by atomic mass is 15.0. The molecule has 0 aliphatic heterocycles. The molecule has 0 fully saturated rings. The molecule has 0 spiro atoms. The van der Waals surface area contributed by atoms with Crippen molar-refractivity contribution in [2.24, 2.45) is 0 Å². The topological polar surface area (TPSA) is 43.6 Å². The fourth-order valence-electron chi connectivity index (χ4n) is 10.3. The van der Waals surface area contributed by atoms with Crippen molar-refractivity contribution in [3.63, 3.8) is 0 Å². The van der Waals surface area contributed by atoms with Gasteiger partial charge in [-0.3, -0.25) is 0 Å². The maximum atomic E-state index is 5.28. The Morgan fingerprint density at radius 2 is 0.889 bits per heavy atom. The van der Waals surface area contributed by atoms with Crippen LogP contribution in [0.3, 0.4) is 0 Å². The SMILES string of the molecule is CC1(C)CCC(C)(C)c2cc3c(cc21)c1ccccc1n3-c1ccc2cc(-c3nc(-c4ccc5ccccc5c4)nc(-c4ccc(-c5ccccc5)c5ccccc45)n3)ccc2c1.